The number of aliphatic hydroxyl groups excluding tert-OH is 1. The average molecular weight is 489 g/mol. The van der Waals surface area contributed by atoms with Gasteiger partial charge in [-0.2, -0.15) is 0 Å². The third kappa shape index (κ3) is 4.88. The Kier molecular flexibility index (Phi) is 7.53. The summed E-state index contributed by atoms with van der Waals surface area (Å²) in [5, 5.41) is 11.5. The minimum atomic E-state index is -0.846. The first-order valence-corrected chi connectivity index (χ1v) is 11.7. The molecule has 8 nitrogen and oxygen atoms in total. The zero-order valence-electron chi connectivity index (χ0n) is 20.4. The van der Waals surface area contributed by atoms with Crippen LogP contribution in [0.3, 0.4) is 0 Å². The van der Waals surface area contributed by atoms with Gasteiger partial charge < -0.3 is 24.2 Å². The van der Waals surface area contributed by atoms with Crippen LogP contribution in [-0.4, -0.2) is 47.0 Å². The summed E-state index contributed by atoms with van der Waals surface area (Å²) < 4.78 is 16.7. The highest BCUT2D eigenvalue weighted by Gasteiger charge is 2.46. The predicted octanol–water partition coefficient (Wildman–Crippen LogP) is 4.51. The summed E-state index contributed by atoms with van der Waals surface area (Å²) in [5.41, 5.74) is 1.65. The highest BCUT2D eigenvalue weighted by molar-refractivity contribution is 6.46. The summed E-state index contributed by atoms with van der Waals surface area (Å²) in [7, 11) is 1.54. The molecule has 1 fully saturated rings. The molecule has 0 saturated carbocycles. The quantitative estimate of drug-likeness (QED) is 0.269. The zero-order valence-corrected chi connectivity index (χ0v) is 20.4. The summed E-state index contributed by atoms with van der Waals surface area (Å²) >= 11 is 0. The number of ketones is 1. The van der Waals surface area contributed by atoms with Crippen LogP contribution in [-0.2, 0) is 16.1 Å². The van der Waals surface area contributed by atoms with Gasteiger partial charge in [-0.25, -0.2) is 0 Å². The molecular formula is C28H28N2O6. The van der Waals surface area contributed by atoms with Crippen LogP contribution in [0.15, 0.2) is 72.6 Å². The normalized spacial score (nSPS) is 16.8. The third-order valence-electron chi connectivity index (χ3n) is 5.84. The van der Waals surface area contributed by atoms with Gasteiger partial charge in [0.2, 0.25) is 0 Å². The molecule has 1 amide bonds. The van der Waals surface area contributed by atoms with Crippen LogP contribution in [0.4, 0.5) is 0 Å². The van der Waals surface area contributed by atoms with E-state index in [0.717, 1.165) is 5.56 Å². The first-order chi connectivity index (χ1) is 17.5. The molecule has 8 heteroatoms. The summed E-state index contributed by atoms with van der Waals surface area (Å²) in [6, 6.07) is 14.8. The number of amides is 1. The smallest absolute Gasteiger partial charge is 0.295 e. The highest BCUT2D eigenvalue weighted by Crippen LogP contribution is 2.42. The number of pyridine rings is 1. The van der Waals surface area contributed by atoms with Crippen molar-refractivity contribution in [1.82, 2.24) is 9.88 Å². The minimum Gasteiger partial charge on any atom is -0.507 e. The van der Waals surface area contributed by atoms with Crippen molar-refractivity contribution in [3.05, 3.63) is 89.3 Å². The number of carbonyl (C=O) groups is 2. The summed E-state index contributed by atoms with van der Waals surface area (Å²) in [6.07, 6.45) is 3.28. The molecule has 0 spiro atoms. The van der Waals surface area contributed by atoms with Gasteiger partial charge in [0.05, 0.1) is 37.5 Å². The second kappa shape index (κ2) is 10.9. The number of carbonyl (C=O) groups excluding carboxylic acids is 2. The highest BCUT2D eigenvalue weighted by atomic mass is 16.5. The molecule has 0 aliphatic carbocycles. The molecule has 1 aliphatic heterocycles. The van der Waals surface area contributed by atoms with Gasteiger partial charge in [-0.1, -0.05) is 18.2 Å². The van der Waals surface area contributed by atoms with E-state index in [0.29, 0.717) is 41.6 Å². The second-order valence-corrected chi connectivity index (χ2v) is 8.09. The van der Waals surface area contributed by atoms with Gasteiger partial charge in [0.15, 0.2) is 0 Å². The molecule has 3 aromatic rings. The Morgan fingerprint density at radius 3 is 2.50 bits per heavy atom. The van der Waals surface area contributed by atoms with Crippen LogP contribution in [0.1, 0.15) is 36.6 Å². The number of aliphatic hydroxyl groups is 1. The van der Waals surface area contributed by atoms with E-state index in [9.17, 15) is 14.7 Å². The minimum absolute atomic E-state index is 0.0257. The molecule has 0 radical (unpaired) electrons. The number of benzene rings is 2. The van der Waals surface area contributed by atoms with Crippen LogP contribution in [0, 0.1) is 0 Å². The van der Waals surface area contributed by atoms with Crippen molar-refractivity contribution in [1.29, 1.82) is 0 Å². The molecule has 1 aliphatic rings. The molecular weight excluding hydrogens is 460 g/mol. The number of Topliss-reactive ketones (excluding diaryl/α,β-unsaturated/α-hetero) is 1. The maximum Gasteiger partial charge on any atom is 0.295 e. The number of hydrogen-bond acceptors (Lipinski definition) is 7. The fourth-order valence-corrected chi connectivity index (χ4v) is 4.26. The van der Waals surface area contributed by atoms with Crippen molar-refractivity contribution in [2.24, 2.45) is 0 Å². The van der Waals surface area contributed by atoms with Crippen LogP contribution in [0.2, 0.25) is 0 Å². The van der Waals surface area contributed by atoms with E-state index in [1.807, 2.05) is 19.9 Å². The number of aromatic nitrogens is 1. The van der Waals surface area contributed by atoms with Crippen molar-refractivity contribution in [2.75, 3.05) is 20.3 Å². The molecule has 2 heterocycles. The Morgan fingerprint density at radius 1 is 1.00 bits per heavy atom. The lowest BCUT2D eigenvalue weighted by atomic mass is 9.94. The number of nitrogens with zero attached hydrogens (tertiary/aromatic N) is 2. The van der Waals surface area contributed by atoms with E-state index in [2.05, 4.69) is 4.98 Å². The van der Waals surface area contributed by atoms with E-state index in [1.165, 1.54) is 4.90 Å². The van der Waals surface area contributed by atoms with E-state index in [4.69, 9.17) is 14.2 Å². The predicted molar refractivity (Wildman–Crippen MR) is 134 cm³/mol. The maximum atomic E-state index is 13.4. The second-order valence-electron chi connectivity index (χ2n) is 8.09. The molecule has 1 atom stereocenters. The third-order valence-corrected chi connectivity index (χ3v) is 5.84. The Balaban J connectivity index is 1.89. The Hall–Kier alpha value is -4.33. The maximum absolute atomic E-state index is 13.4. The van der Waals surface area contributed by atoms with E-state index in [1.54, 1.807) is 68.0 Å². The van der Waals surface area contributed by atoms with E-state index >= 15 is 0 Å². The van der Waals surface area contributed by atoms with E-state index in [-0.39, 0.29) is 17.9 Å². The SMILES string of the molecule is CCOc1ccc(/C(O)=C2/C(=O)C(=O)N(Cc3cccnc3)C2c2cccc(OC)c2)c(OCC)c1. The number of hydrogen-bond donors (Lipinski definition) is 1. The van der Waals surface area contributed by atoms with Gasteiger partial charge >= 0.3 is 0 Å². The largest absolute Gasteiger partial charge is 0.507 e. The molecule has 2 aromatic carbocycles. The number of ether oxygens (including phenoxy) is 3. The van der Waals surface area contributed by atoms with Crippen molar-refractivity contribution < 1.29 is 28.9 Å². The lowest BCUT2D eigenvalue weighted by molar-refractivity contribution is -0.140. The average Bonchev–Trinajstić information content (AvgIpc) is 3.14. The molecule has 1 N–H and O–H groups in total. The van der Waals surface area contributed by atoms with Crippen LogP contribution >= 0.6 is 0 Å². The van der Waals surface area contributed by atoms with Gasteiger partial charge in [0.25, 0.3) is 11.7 Å². The lowest BCUT2D eigenvalue weighted by Crippen LogP contribution is -2.29. The molecule has 186 valence electrons. The molecule has 1 aromatic heterocycles. The Bertz CT molecular complexity index is 1290. The summed E-state index contributed by atoms with van der Waals surface area (Å²) in [6.45, 7) is 4.63. The molecule has 36 heavy (non-hydrogen) atoms. The van der Waals surface area contributed by atoms with E-state index < -0.39 is 17.7 Å². The van der Waals surface area contributed by atoms with Crippen molar-refractivity contribution in [3.8, 4) is 17.2 Å². The molecule has 4 rings (SSSR count). The van der Waals surface area contributed by atoms with Crippen molar-refractivity contribution in [3.63, 3.8) is 0 Å². The van der Waals surface area contributed by atoms with Crippen LogP contribution in [0.25, 0.3) is 5.76 Å². The van der Waals surface area contributed by atoms with Crippen LogP contribution < -0.4 is 14.2 Å². The molecule has 1 saturated heterocycles. The van der Waals surface area contributed by atoms with Crippen molar-refractivity contribution >= 4 is 17.4 Å². The Labute approximate surface area is 209 Å². The standard InChI is InChI=1S/C28H28N2O6/c1-4-35-21-11-12-22(23(15-21)36-5-2)26(31)24-25(19-9-6-10-20(14-19)34-3)30(28(33)27(24)32)17-18-8-7-13-29-16-18/h6-16,25,31H,4-5,17H2,1-3H3/b26-24-. The van der Waals surface area contributed by atoms with Gasteiger partial charge in [-0.15, -0.1) is 0 Å². The van der Waals surface area contributed by atoms with Crippen molar-refractivity contribution in [2.45, 2.75) is 26.4 Å². The summed E-state index contributed by atoms with van der Waals surface area (Å²) in [5.74, 6) is -0.322. The molecule has 1 unspecified atom stereocenters. The van der Waals surface area contributed by atoms with Gasteiger partial charge in [0, 0.05) is 25.0 Å². The summed E-state index contributed by atoms with van der Waals surface area (Å²) in [4.78, 5) is 32.2. The molecule has 0 bridgehead atoms. The monoisotopic (exact) mass is 488 g/mol. The fourth-order valence-electron chi connectivity index (χ4n) is 4.26. The first kappa shape index (κ1) is 24.8. The topological polar surface area (TPSA) is 98.2 Å². The number of rotatable bonds is 9. The first-order valence-electron chi connectivity index (χ1n) is 11.7. The lowest BCUT2D eigenvalue weighted by Gasteiger charge is -2.26. The van der Waals surface area contributed by atoms with Crippen LogP contribution in [0.5, 0.6) is 17.2 Å². The zero-order chi connectivity index (χ0) is 25.7. The Morgan fingerprint density at radius 2 is 1.81 bits per heavy atom. The van der Waals surface area contributed by atoms with Gasteiger partial charge in [0.1, 0.15) is 23.0 Å². The number of methoxy groups -OCH3 is 1. The number of likely N-dealkylation sites (tertiary alicyclic amines) is 1. The van der Waals surface area contributed by atoms with Gasteiger partial charge in [-0.05, 0) is 55.3 Å². The van der Waals surface area contributed by atoms with Gasteiger partial charge in [-0.3, -0.25) is 14.6 Å². The fraction of sp³-hybridized carbons (Fsp3) is 0.250.